The highest BCUT2D eigenvalue weighted by atomic mass is 16.4. The summed E-state index contributed by atoms with van der Waals surface area (Å²) >= 11 is 0. The van der Waals surface area contributed by atoms with Gasteiger partial charge in [0.1, 0.15) is 0 Å². The number of hydrogen-bond donors (Lipinski definition) is 1. The number of aromatic carboxylic acids is 1. The van der Waals surface area contributed by atoms with Crippen molar-refractivity contribution in [3.05, 3.63) is 29.3 Å². The summed E-state index contributed by atoms with van der Waals surface area (Å²) in [5.41, 5.74) is 2.47. The van der Waals surface area contributed by atoms with Gasteiger partial charge in [-0.15, -0.1) is 0 Å². The maximum Gasteiger partial charge on any atom is 0.336 e. The third kappa shape index (κ3) is 1.16. The van der Waals surface area contributed by atoms with Gasteiger partial charge in [-0.05, 0) is 17.7 Å². The molecule has 0 amide bonds. The van der Waals surface area contributed by atoms with E-state index in [1.54, 1.807) is 12.1 Å². The molecule has 0 bridgehead atoms. The van der Waals surface area contributed by atoms with Crippen LogP contribution in [0.1, 0.15) is 28.8 Å². The van der Waals surface area contributed by atoms with Crippen molar-refractivity contribution in [2.75, 3.05) is 18.5 Å². The van der Waals surface area contributed by atoms with E-state index >= 15 is 0 Å². The molecule has 0 aliphatic carbocycles. The number of likely N-dealkylation sites (N-methyl/N-ethyl adjacent to an activating group) is 1. The van der Waals surface area contributed by atoms with E-state index in [1.807, 2.05) is 13.1 Å². The second-order valence-electron chi connectivity index (χ2n) is 3.83. The molecular weight excluding hydrogens is 178 g/mol. The minimum Gasteiger partial charge on any atom is -0.478 e. The van der Waals surface area contributed by atoms with Crippen molar-refractivity contribution < 1.29 is 9.90 Å². The van der Waals surface area contributed by atoms with Crippen molar-refractivity contribution in [3.63, 3.8) is 0 Å². The normalized spacial score (nSPS) is 19.6. The van der Waals surface area contributed by atoms with Crippen LogP contribution < -0.4 is 4.90 Å². The number of carbonyl (C=O) groups is 1. The van der Waals surface area contributed by atoms with Gasteiger partial charge in [-0.25, -0.2) is 4.79 Å². The number of anilines is 1. The first-order valence-corrected chi connectivity index (χ1v) is 4.68. The van der Waals surface area contributed by atoms with Crippen LogP contribution >= 0.6 is 0 Å². The Balaban J connectivity index is 2.62. The van der Waals surface area contributed by atoms with Gasteiger partial charge in [0, 0.05) is 25.2 Å². The Morgan fingerprint density at radius 2 is 2.29 bits per heavy atom. The topological polar surface area (TPSA) is 40.5 Å². The molecule has 0 radical (unpaired) electrons. The smallest absolute Gasteiger partial charge is 0.336 e. The van der Waals surface area contributed by atoms with E-state index in [2.05, 4.69) is 11.8 Å². The number of benzene rings is 1. The minimum atomic E-state index is -0.830. The van der Waals surface area contributed by atoms with Crippen LogP contribution in [0.3, 0.4) is 0 Å². The number of rotatable bonds is 1. The molecule has 14 heavy (non-hydrogen) atoms. The zero-order valence-electron chi connectivity index (χ0n) is 8.32. The van der Waals surface area contributed by atoms with Gasteiger partial charge in [-0.2, -0.15) is 0 Å². The lowest BCUT2D eigenvalue weighted by Gasteiger charge is -2.11. The number of carboxylic acid groups (broad SMARTS) is 1. The van der Waals surface area contributed by atoms with Gasteiger partial charge >= 0.3 is 5.97 Å². The highest BCUT2D eigenvalue weighted by Crippen LogP contribution is 2.37. The first-order chi connectivity index (χ1) is 6.61. The molecule has 1 aromatic rings. The van der Waals surface area contributed by atoms with Gasteiger partial charge in [0.05, 0.1) is 5.56 Å². The highest BCUT2D eigenvalue weighted by molar-refractivity contribution is 5.92. The van der Waals surface area contributed by atoms with Crippen LogP contribution in [0.15, 0.2) is 18.2 Å². The fourth-order valence-corrected chi connectivity index (χ4v) is 2.19. The Kier molecular flexibility index (Phi) is 1.95. The van der Waals surface area contributed by atoms with E-state index in [0.29, 0.717) is 11.5 Å². The molecule has 0 spiro atoms. The van der Waals surface area contributed by atoms with Gasteiger partial charge < -0.3 is 10.0 Å². The summed E-state index contributed by atoms with van der Waals surface area (Å²) in [6.07, 6.45) is 0. The molecule has 74 valence electrons. The van der Waals surface area contributed by atoms with Crippen LogP contribution in [0.4, 0.5) is 5.69 Å². The van der Waals surface area contributed by atoms with E-state index in [1.165, 1.54) is 0 Å². The summed E-state index contributed by atoms with van der Waals surface area (Å²) in [5, 5.41) is 9.03. The van der Waals surface area contributed by atoms with Crippen LogP contribution in [0.25, 0.3) is 0 Å². The van der Waals surface area contributed by atoms with Crippen LogP contribution in [-0.2, 0) is 0 Å². The molecule has 1 atom stereocenters. The summed E-state index contributed by atoms with van der Waals surface area (Å²) in [6.45, 7) is 2.97. The second-order valence-corrected chi connectivity index (χ2v) is 3.83. The second kappa shape index (κ2) is 3.01. The lowest BCUT2D eigenvalue weighted by molar-refractivity contribution is 0.0695. The monoisotopic (exact) mass is 191 g/mol. The van der Waals surface area contributed by atoms with Gasteiger partial charge in [-0.1, -0.05) is 13.0 Å². The number of carboxylic acids is 1. The fraction of sp³-hybridized carbons (Fsp3) is 0.364. The molecule has 3 heteroatoms. The Morgan fingerprint density at radius 3 is 2.93 bits per heavy atom. The molecule has 0 saturated carbocycles. The Bertz CT molecular complexity index is 387. The molecule has 1 heterocycles. The Labute approximate surface area is 83.0 Å². The van der Waals surface area contributed by atoms with Crippen molar-refractivity contribution in [1.29, 1.82) is 0 Å². The van der Waals surface area contributed by atoms with Gasteiger partial charge in [0.2, 0.25) is 0 Å². The third-order valence-electron chi connectivity index (χ3n) is 2.77. The number of hydrogen-bond acceptors (Lipinski definition) is 2. The van der Waals surface area contributed by atoms with Crippen LogP contribution in [-0.4, -0.2) is 24.7 Å². The molecule has 1 aliphatic rings. The standard InChI is InChI=1S/C11H13NO2/c1-7-6-12(2)9-5-3-4-8(10(7)9)11(13)14/h3-5,7H,6H2,1-2H3,(H,13,14). The quantitative estimate of drug-likeness (QED) is 0.737. The number of nitrogens with zero attached hydrogens (tertiary/aromatic N) is 1. The molecule has 1 aliphatic heterocycles. The van der Waals surface area contributed by atoms with Gasteiger partial charge in [0.25, 0.3) is 0 Å². The average Bonchev–Trinajstić information content (AvgIpc) is 2.43. The van der Waals surface area contributed by atoms with E-state index in [0.717, 1.165) is 17.8 Å². The van der Waals surface area contributed by atoms with Crippen LogP contribution in [0.5, 0.6) is 0 Å². The molecule has 1 unspecified atom stereocenters. The molecule has 2 rings (SSSR count). The summed E-state index contributed by atoms with van der Waals surface area (Å²) in [7, 11) is 1.99. The fourth-order valence-electron chi connectivity index (χ4n) is 2.19. The molecule has 0 saturated heterocycles. The highest BCUT2D eigenvalue weighted by Gasteiger charge is 2.27. The van der Waals surface area contributed by atoms with Crippen LogP contribution in [0, 0.1) is 0 Å². The molecule has 1 N–H and O–H groups in total. The van der Waals surface area contributed by atoms with E-state index in [-0.39, 0.29) is 0 Å². The van der Waals surface area contributed by atoms with Gasteiger partial charge in [-0.3, -0.25) is 0 Å². The molecule has 3 nitrogen and oxygen atoms in total. The predicted octanol–water partition coefficient (Wildman–Crippen LogP) is 1.94. The molecular formula is C11H13NO2. The summed E-state index contributed by atoms with van der Waals surface area (Å²) in [5.74, 6) is -0.522. The minimum absolute atomic E-state index is 0.308. The van der Waals surface area contributed by atoms with E-state index in [4.69, 9.17) is 5.11 Å². The maximum absolute atomic E-state index is 11.0. The lowest BCUT2D eigenvalue weighted by Crippen LogP contribution is -2.13. The first kappa shape index (κ1) is 9.06. The Morgan fingerprint density at radius 1 is 1.57 bits per heavy atom. The summed E-state index contributed by atoms with van der Waals surface area (Å²) < 4.78 is 0. The lowest BCUT2D eigenvalue weighted by atomic mass is 9.97. The first-order valence-electron chi connectivity index (χ1n) is 4.68. The zero-order chi connectivity index (χ0) is 10.3. The van der Waals surface area contributed by atoms with Gasteiger partial charge in [0.15, 0.2) is 0 Å². The van der Waals surface area contributed by atoms with Crippen molar-refractivity contribution in [1.82, 2.24) is 0 Å². The van der Waals surface area contributed by atoms with Crippen molar-refractivity contribution >= 4 is 11.7 Å². The zero-order valence-corrected chi connectivity index (χ0v) is 8.32. The maximum atomic E-state index is 11.0. The SMILES string of the molecule is CC1CN(C)c2cccc(C(=O)O)c21. The largest absolute Gasteiger partial charge is 0.478 e. The predicted molar refractivity (Wildman–Crippen MR) is 55.1 cm³/mol. The average molecular weight is 191 g/mol. The third-order valence-corrected chi connectivity index (χ3v) is 2.77. The molecule has 0 fully saturated rings. The summed E-state index contributed by atoms with van der Waals surface area (Å²) in [6, 6.07) is 5.46. The van der Waals surface area contributed by atoms with Crippen LogP contribution in [0.2, 0.25) is 0 Å². The van der Waals surface area contributed by atoms with E-state index < -0.39 is 5.97 Å². The molecule has 1 aromatic carbocycles. The Hall–Kier alpha value is -1.51. The van der Waals surface area contributed by atoms with Crippen molar-refractivity contribution in [3.8, 4) is 0 Å². The molecule has 0 aromatic heterocycles. The summed E-state index contributed by atoms with van der Waals surface area (Å²) in [4.78, 5) is 13.1. The number of fused-ring (bicyclic) bond motifs is 1. The van der Waals surface area contributed by atoms with Crippen molar-refractivity contribution in [2.24, 2.45) is 0 Å². The van der Waals surface area contributed by atoms with Crippen molar-refractivity contribution in [2.45, 2.75) is 12.8 Å². The van der Waals surface area contributed by atoms with E-state index in [9.17, 15) is 4.79 Å².